The summed E-state index contributed by atoms with van der Waals surface area (Å²) < 4.78 is 81.5. The Morgan fingerprint density at radius 2 is 1.47 bits per heavy atom. The van der Waals surface area contributed by atoms with E-state index >= 15 is 0 Å². The van der Waals surface area contributed by atoms with Crippen LogP contribution in [0.1, 0.15) is 36.8 Å². The Bertz CT molecular complexity index is 1410. The maximum absolute atomic E-state index is 13.6. The van der Waals surface area contributed by atoms with Crippen LogP contribution in [0.3, 0.4) is 0 Å². The molecule has 4 atom stereocenters. The molecule has 6 N–H and O–H groups in total. The Labute approximate surface area is 257 Å². The van der Waals surface area contributed by atoms with Crippen molar-refractivity contribution >= 4 is 47.0 Å². The van der Waals surface area contributed by atoms with Gasteiger partial charge in [-0.25, -0.2) is 4.99 Å². The summed E-state index contributed by atoms with van der Waals surface area (Å²) in [6.45, 7) is 0. The number of benzene rings is 2. The van der Waals surface area contributed by atoms with Gasteiger partial charge in [0.15, 0.2) is 0 Å². The molecular formula is C28H29F6N5O5S. The van der Waals surface area contributed by atoms with E-state index in [9.17, 15) is 45.5 Å². The van der Waals surface area contributed by atoms with Gasteiger partial charge >= 0.3 is 18.3 Å². The van der Waals surface area contributed by atoms with E-state index in [0.29, 0.717) is 28.8 Å². The molecule has 0 aliphatic carbocycles. The smallest absolute Gasteiger partial charge is 0.389 e. The van der Waals surface area contributed by atoms with Crippen LogP contribution < -0.4 is 21.1 Å². The topological polar surface area (TPSA) is 163 Å². The van der Waals surface area contributed by atoms with Gasteiger partial charge in [-0.3, -0.25) is 23.9 Å². The Hall–Kier alpha value is -4.12. The highest BCUT2D eigenvalue weighted by Gasteiger charge is 2.41. The number of carbonyl (C=O) groups excluding carboxylic acids is 3. The minimum atomic E-state index is -4.84. The van der Waals surface area contributed by atoms with Gasteiger partial charge in [0.1, 0.15) is 6.04 Å². The third-order valence-electron chi connectivity index (χ3n) is 6.66. The number of para-hydroxylation sites is 1. The summed E-state index contributed by atoms with van der Waals surface area (Å²) in [6, 6.07) is 13.5. The highest BCUT2D eigenvalue weighted by molar-refractivity contribution is 7.98. The minimum absolute atomic E-state index is 0.235. The number of hydrogen-bond donors (Lipinski definition) is 5. The number of amides is 3. The molecule has 3 rings (SSSR count). The van der Waals surface area contributed by atoms with Crippen LogP contribution in [0.4, 0.5) is 32.0 Å². The SMILES string of the molecule is N[C@@H](CSNC(=O)[C@@H](CCC(F)(F)F)[C@@H](CCC(F)(F)F)C(=O)N[C@H]1N=C(c2ccccc2)c2ccccc2NC1=O)C(=O)O. The van der Waals surface area contributed by atoms with Crippen LogP contribution in [-0.2, 0) is 19.2 Å². The molecule has 17 heteroatoms. The highest BCUT2D eigenvalue weighted by atomic mass is 32.2. The number of alkyl halides is 6. The maximum atomic E-state index is 13.6. The third-order valence-corrected chi connectivity index (χ3v) is 7.53. The van der Waals surface area contributed by atoms with Gasteiger partial charge in [0.25, 0.3) is 5.91 Å². The highest BCUT2D eigenvalue weighted by Crippen LogP contribution is 2.33. The monoisotopic (exact) mass is 661 g/mol. The number of benzodiazepines with no additional fused rings is 1. The van der Waals surface area contributed by atoms with Gasteiger partial charge in [-0.15, -0.1) is 0 Å². The fourth-order valence-electron chi connectivity index (χ4n) is 4.44. The number of hydrogen-bond acceptors (Lipinski definition) is 7. The number of anilines is 1. The summed E-state index contributed by atoms with van der Waals surface area (Å²) in [5.74, 6) is -9.24. The summed E-state index contributed by atoms with van der Waals surface area (Å²) in [7, 11) is 0. The molecule has 1 aliphatic heterocycles. The van der Waals surface area contributed by atoms with E-state index in [1.807, 2.05) is 0 Å². The summed E-state index contributed by atoms with van der Waals surface area (Å²) in [5.41, 5.74) is 6.88. The Morgan fingerprint density at radius 1 is 0.911 bits per heavy atom. The normalized spacial score (nSPS) is 17.1. The number of aliphatic imine (C=N–C) groups is 1. The van der Waals surface area contributed by atoms with E-state index in [-0.39, 0.29) is 5.71 Å². The van der Waals surface area contributed by atoms with Crippen LogP contribution in [0.5, 0.6) is 0 Å². The summed E-state index contributed by atoms with van der Waals surface area (Å²) in [4.78, 5) is 55.0. The first-order chi connectivity index (χ1) is 21.1. The Morgan fingerprint density at radius 3 is 2.04 bits per heavy atom. The van der Waals surface area contributed by atoms with Gasteiger partial charge in [-0.05, 0) is 30.9 Å². The maximum Gasteiger partial charge on any atom is 0.389 e. The predicted octanol–water partition coefficient (Wildman–Crippen LogP) is 4.01. The molecule has 1 heterocycles. The number of aliphatic carboxylic acids is 1. The summed E-state index contributed by atoms with van der Waals surface area (Å²) in [5, 5.41) is 13.7. The predicted molar refractivity (Wildman–Crippen MR) is 153 cm³/mol. The lowest BCUT2D eigenvalue weighted by molar-refractivity contribution is -0.152. The Kier molecular flexibility index (Phi) is 12.0. The van der Waals surface area contributed by atoms with Crippen LogP contribution in [0.2, 0.25) is 0 Å². The van der Waals surface area contributed by atoms with Crippen molar-refractivity contribution in [2.45, 2.75) is 50.2 Å². The van der Waals surface area contributed by atoms with Gasteiger partial charge in [0.05, 0.1) is 17.3 Å². The lowest BCUT2D eigenvalue weighted by atomic mass is 9.83. The van der Waals surface area contributed by atoms with E-state index in [2.05, 4.69) is 20.3 Å². The largest absolute Gasteiger partial charge is 0.480 e. The van der Waals surface area contributed by atoms with Crippen LogP contribution in [0, 0.1) is 11.8 Å². The molecule has 0 radical (unpaired) electrons. The lowest BCUT2D eigenvalue weighted by Gasteiger charge is -2.27. The quantitative estimate of drug-likeness (QED) is 0.160. The number of nitrogens with zero attached hydrogens (tertiary/aromatic N) is 1. The van der Waals surface area contributed by atoms with Crippen molar-refractivity contribution in [2.24, 2.45) is 22.6 Å². The number of halogens is 6. The zero-order valence-electron chi connectivity index (χ0n) is 23.3. The van der Waals surface area contributed by atoms with Gasteiger partial charge in [-0.2, -0.15) is 26.3 Å². The van der Waals surface area contributed by atoms with E-state index in [1.165, 1.54) is 0 Å². The molecule has 2 aromatic rings. The van der Waals surface area contributed by atoms with Crippen LogP contribution in [-0.4, -0.2) is 64.8 Å². The molecule has 0 saturated carbocycles. The number of nitrogens with two attached hydrogens (primary N) is 1. The second-order valence-electron chi connectivity index (χ2n) is 10.0. The van der Waals surface area contributed by atoms with Crippen LogP contribution in [0.25, 0.3) is 0 Å². The van der Waals surface area contributed by atoms with Crippen LogP contribution >= 0.6 is 11.9 Å². The number of rotatable bonds is 13. The zero-order valence-corrected chi connectivity index (χ0v) is 24.1. The lowest BCUT2D eigenvalue weighted by Crippen LogP contribution is -2.48. The number of carboxylic acids is 1. The Balaban J connectivity index is 1.96. The molecular weight excluding hydrogens is 632 g/mol. The molecule has 2 aromatic carbocycles. The number of carboxylic acid groups (broad SMARTS) is 1. The van der Waals surface area contributed by atoms with Crippen molar-refractivity contribution < 1.29 is 50.6 Å². The second kappa shape index (κ2) is 15.2. The van der Waals surface area contributed by atoms with E-state index in [4.69, 9.17) is 10.8 Å². The van der Waals surface area contributed by atoms with E-state index in [1.54, 1.807) is 54.6 Å². The van der Waals surface area contributed by atoms with Crippen LogP contribution in [0.15, 0.2) is 59.6 Å². The first-order valence-corrected chi connectivity index (χ1v) is 14.4. The fourth-order valence-corrected chi connectivity index (χ4v) is 5.14. The average molecular weight is 662 g/mol. The second-order valence-corrected chi connectivity index (χ2v) is 10.9. The molecule has 3 amide bonds. The molecule has 0 saturated heterocycles. The standard InChI is InChI=1S/C28H29F6N5O5S/c29-27(30,31)12-10-16(17(11-13-28(32,33)34)24(41)39-45-14-19(35)26(43)44)23(40)38-22-25(42)36-20-9-5-4-8-18(20)21(37-22)15-6-2-1-3-7-15/h1-9,16-17,19,22H,10-14,35H2,(H,36,42)(H,38,40)(H,39,41)(H,43,44)/t16-,17+,19+,22-/m1/s1. The van der Waals surface area contributed by atoms with Gasteiger partial charge in [-0.1, -0.05) is 48.5 Å². The third kappa shape index (κ3) is 10.8. The van der Waals surface area contributed by atoms with Gasteiger partial charge in [0, 0.05) is 35.6 Å². The van der Waals surface area contributed by atoms with Crippen molar-refractivity contribution in [3.8, 4) is 0 Å². The molecule has 0 spiro atoms. The molecule has 0 aromatic heterocycles. The average Bonchev–Trinajstić information content (AvgIpc) is 3.09. The number of carbonyl (C=O) groups is 4. The molecule has 0 fully saturated rings. The van der Waals surface area contributed by atoms with Crippen molar-refractivity contribution in [3.63, 3.8) is 0 Å². The molecule has 0 bridgehead atoms. The molecule has 1 aliphatic rings. The molecule has 45 heavy (non-hydrogen) atoms. The van der Waals surface area contributed by atoms with Crippen molar-refractivity contribution in [2.75, 3.05) is 11.1 Å². The molecule has 0 unspecified atom stereocenters. The van der Waals surface area contributed by atoms with Gasteiger partial charge in [0.2, 0.25) is 18.0 Å². The molecule has 244 valence electrons. The summed E-state index contributed by atoms with van der Waals surface area (Å²) >= 11 is 0.415. The summed E-state index contributed by atoms with van der Waals surface area (Å²) in [6.07, 6.45) is -16.8. The number of fused-ring (bicyclic) bond motifs is 1. The van der Waals surface area contributed by atoms with Crippen molar-refractivity contribution in [3.05, 3.63) is 65.7 Å². The van der Waals surface area contributed by atoms with Gasteiger partial charge < -0.3 is 21.5 Å². The number of nitrogens with one attached hydrogen (secondary N) is 3. The van der Waals surface area contributed by atoms with E-state index in [0.717, 1.165) is 0 Å². The molecule has 10 nitrogen and oxygen atoms in total. The van der Waals surface area contributed by atoms with Crippen molar-refractivity contribution in [1.29, 1.82) is 0 Å². The first-order valence-electron chi connectivity index (χ1n) is 13.4. The van der Waals surface area contributed by atoms with E-state index < -0.39 is 91.5 Å². The first kappa shape index (κ1) is 35.4. The fraction of sp³-hybridized carbons (Fsp3) is 0.393. The van der Waals surface area contributed by atoms with Crippen molar-refractivity contribution in [1.82, 2.24) is 10.0 Å². The minimum Gasteiger partial charge on any atom is -0.480 e. The zero-order chi connectivity index (χ0) is 33.4.